The van der Waals surface area contributed by atoms with Crippen LogP contribution in [-0.4, -0.2) is 44.1 Å². The topological polar surface area (TPSA) is 115 Å². The molecule has 0 unspecified atom stereocenters. The van der Waals surface area contributed by atoms with E-state index in [1.807, 2.05) is 6.07 Å². The van der Waals surface area contributed by atoms with E-state index in [0.717, 1.165) is 5.69 Å². The maximum absolute atomic E-state index is 12.1. The minimum Gasteiger partial charge on any atom is -0.355 e. The lowest BCUT2D eigenvalue weighted by atomic mass is 10.2. The standard InChI is InChI=1S/C17H15N7O2/c1-18-17(26)13-7-12(9-19-10-13)5-6-16(25)21-14-3-2-4-15(8-14)24-11-20-22-23-24/h2-11H,1H3,(H,18,26)(H,21,25). The van der Waals surface area contributed by atoms with Gasteiger partial charge in [0.05, 0.1) is 11.3 Å². The molecule has 26 heavy (non-hydrogen) atoms. The Kier molecular flexibility index (Phi) is 5.08. The summed E-state index contributed by atoms with van der Waals surface area (Å²) in [5, 5.41) is 16.2. The molecule has 3 rings (SSSR count). The van der Waals surface area contributed by atoms with Crippen LogP contribution in [-0.2, 0) is 4.79 Å². The molecule has 2 heterocycles. The number of tetrazole rings is 1. The van der Waals surface area contributed by atoms with Crippen LogP contribution >= 0.6 is 0 Å². The molecule has 0 spiro atoms. The Bertz CT molecular complexity index is 951. The molecule has 0 saturated heterocycles. The van der Waals surface area contributed by atoms with E-state index in [2.05, 4.69) is 31.1 Å². The molecule has 0 atom stereocenters. The maximum atomic E-state index is 12.1. The minimum absolute atomic E-state index is 0.239. The molecule has 9 heteroatoms. The summed E-state index contributed by atoms with van der Waals surface area (Å²) in [6.07, 6.45) is 7.44. The van der Waals surface area contributed by atoms with E-state index in [0.29, 0.717) is 16.8 Å². The van der Waals surface area contributed by atoms with Crippen LogP contribution in [0.1, 0.15) is 15.9 Å². The molecule has 9 nitrogen and oxygen atoms in total. The van der Waals surface area contributed by atoms with Crippen molar-refractivity contribution in [3.63, 3.8) is 0 Å². The van der Waals surface area contributed by atoms with Crippen molar-refractivity contribution in [2.45, 2.75) is 0 Å². The summed E-state index contributed by atoms with van der Waals surface area (Å²) in [6.45, 7) is 0. The van der Waals surface area contributed by atoms with Crippen LogP contribution in [0.5, 0.6) is 0 Å². The number of anilines is 1. The monoisotopic (exact) mass is 349 g/mol. The highest BCUT2D eigenvalue weighted by Gasteiger charge is 2.04. The molecule has 0 fully saturated rings. The van der Waals surface area contributed by atoms with E-state index >= 15 is 0 Å². The van der Waals surface area contributed by atoms with E-state index in [4.69, 9.17) is 0 Å². The molecule has 0 radical (unpaired) electrons. The molecule has 2 aromatic heterocycles. The SMILES string of the molecule is CNC(=O)c1cncc(C=CC(=O)Nc2cccc(-n3cnnn3)c2)c1. The zero-order chi connectivity index (χ0) is 18.4. The summed E-state index contributed by atoms with van der Waals surface area (Å²) >= 11 is 0. The Morgan fingerprint density at radius 2 is 2.08 bits per heavy atom. The zero-order valence-corrected chi connectivity index (χ0v) is 13.8. The lowest BCUT2D eigenvalue weighted by molar-refractivity contribution is -0.111. The van der Waals surface area contributed by atoms with E-state index in [9.17, 15) is 9.59 Å². The first-order chi connectivity index (χ1) is 12.7. The van der Waals surface area contributed by atoms with Crippen LogP contribution in [0.3, 0.4) is 0 Å². The number of aromatic nitrogens is 5. The van der Waals surface area contributed by atoms with Crippen molar-refractivity contribution in [2.75, 3.05) is 12.4 Å². The van der Waals surface area contributed by atoms with Crippen molar-refractivity contribution < 1.29 is 9.59 Å². The number of hydrogen-bond donors (Lipinski definition) is 2. The van der Waals surface area contributed by atoms with Gasteiger partial charge in [-0.15, -0.1) is 5.10 Å². The summed E-state index contributed by atoms with van der Waals surface area (Å²) in [6, 6.07) is 8.75. The third-order valence-corrected chi connectivity index (χ3v) is 3.40. The van der Waals surface area contributed by atoms with E-state index in [-0.39, 0.29) is 11.8 Å². The number of rotatable bonds is 5. The van der Waals surface area contributed by atoms with Gasteiger partial charge in [0.2, 0.25) is 5.91 Å². The average molecular weight is 349 g/mol. The van der Waals surface area contributed by atoms with Gasteiger partial charge in [0.1, 0.15) is 6.33 Å². The van der Waals surface area contributed by atoms with Gasteiger partial charge in [0.25, 0.3) is 5.91 Å². The Balaban J connectivity index is 1.68. The third kappa shape index (κ3) is 4.15. The van der Waals surface area contributed by atoms with Crippen molar-refractivity contribution >= 4 is 23.6 Å². The van der Waals surface area contributed by atoms with Gasteiger partial charge < -0.3 is 10.6 Å². The van der Waals surface area contributed by atoms with Crippen molar-refractivity contribution in [1.82, 2.24) is 30.5 Å². The summed E-state index contributed by atoms with van der Waals surface area (Å²) in [7, 11) is 1.54. The third-order valence-electron chi connectivity index (χ3n) is 3.40. The zero-order valence-electron chi connectivity index (χ0n) is 13.8. The van der Waals surface area contributed by atoms with Gasteiger partial charge in [-0.2, -0.15) is 0 Å². The summed E-state index contributed by atoms with van der Waals surface area (Å²) in [4.78, 5) is 27.7. The van der Waals surface area contributed by atoms with E-state index in [1.54, 1.807) is 43.6 Å². The number of benzene rings is 1. The quantitative estimate of drug-likeness (QED) is 0.666. The lowest BCUT2D eigenvalue weighted by Crippen LogP contribution is -2.17. The Hall–Kier alpha value is -3.88. The van der Waals surface area contributed by atoms with Crippen molar-refractivity contribution in [3.05, 3.63) is 66.3 Å². The number of carbonyl (C=O) groups excluding carboxylic acids is 2. The Morgan fingerprint density at radius 3 is 2.85 bits per heavy atom. The largest absolute Gasteiger partial charge is 0.355 e. The van der Waals surface area contributed by atoms with Crippen LogP contribution in [0.4, 0.5) is 5.69 Å². The molecular formula is C17H15N7O2. The fourth-order valence-electron chi connectivity index (χ4n) is 2.18. The molecule has 0 aliphatic rings. The smallest absolute Gasteiger partial charge is 0.252 e. The second-order valence-electron chi connectivity index (χ2n) is 5.21. The summed E-state index contributed by atoms with van der Waals surface area (Å²) in [5.41, 5.74) is 2.39. The van der Waals surface area contributed by atoms with Gasteiger partial charge in [0.15, 0.2) is 0 Å². The predicted molar refractivity (Wildman–Crippen MR) is 94.4 cm³/mol. The lowest BCUT2D eigenvalue weighted by Gasteiger charge is -2.05. The first-order valence-corrected chi connectivity index (χ1v) is 7.65. The molecule has 3 aromatic rings. The predicted octanol–water partition coefficient (Wildman–Crippen LogP) is 1.07. The molecule has 2 N–H and O–H groups in total. The summed E-state index contributed by atoms with van der Waals surface area (Å²) in [5.74, 6) is -0.555. The molecule has 0 bridgehead atoms. The number of pyridine rings is 1. The van der Waals surface area contributed by atoms with Crippen LogP contribution < -0.4 is 10.6 Å². The Labute approximate surface area is 148 Å². The van der Waals surface area contributed by atoms with Gasteiger partial charge in [-0.3, -0.25) is 14.6 Å². The van der Waals surface area contributed by atoms with Crippen LogP contribution in [0, 0.1) is 0 Å². The van der Waals surface area contributed by atoms with Crippen molar-refractivity contribution in [1.29, 1.82) is 0 Å². The highest BCUT2D eigenvalue weighted by Crippen LogP contribution is 2.13. The van der Waals surface area contributed by atoms with E-state index < -0.39 is 0 Å². The highest BCUT2D eigenvalue weighted by molar-refractivity contribution is 6.02. The highest BCUT2D eigenvalue weighted by atomic mass is 16.2. The first kappa shape index (κ1) is 17.0. The fourth-order valence-corrected chi connectivity index (χ4v) is 2.18. The minimum atomic E-state index is -0.316. The number of nitrogens with zero attached hydrogens (tertiary/aromatic N) is 5. The van der Waals surface area contributed by atoms with Crippen molar-refractivity contribution in [3.8, 4) is 5.69 Å². The van der Waals surface area contributed by atoms with Gasteiger partial charge in [-0.05, 0) is 46.3 Å². The number of carbonyl (C=O) groups is 2. The molecular weight excluding hydrogens is 334 g/mol. The van der Waals surface area contributed by atoms with Gasteiger partial charge >= 0.3 is 0 Å². The summed E-state index contributed by atoms with van der Waals surface area (Å²) < 4.78 is 1.49. The van der Waals surface area contributed by atoms with Crippen LogP contribution in [0.25, 0.3) is 11.8 Å². The van der Waals surface area contributed by atoms with Crippen LogP contribution in [0.15, 0.2) is 55.1 Å². The molecule has 1 aromatic carbocycles. The molecule has 0 aliphatic heterocycles. The number of hydrogen-bond acceptors (Lipinski definition) is 6. The molecule has 0 saturated carbocycles. The molecule has 2 amide bonds. The second kappa shape index (κ2) is 7.79. The van der Waals surface area contributed by atoms with Crippen molar-refractivity contribution in [2.24, 2.45) is 0 Å². The Morgan fingerprint density at radius 1 is 1.19 bits per heavy atom. The number of nitrogens with one attached hydrogen (secondary N) is 2. The second-order valence-corrected chi connectivity index (χ2v) is 5.21. The van der Waals surface area contributed by atoms with Gasteiger partial charge in [0, 0.05) is 31.2 Å². The van der Waals surface area contributed by atoms with E-state index in [1.165, 1.54) is 23.3 Å². The van der Waals surface area contributed by atoms with Gasteiger partial charge in [-0.25, -0.2) is 4.68 Å². The average Bonchev–Trinajstić information content (AvgIpc) is 3.21. The maximum Gasteiger partial charge on any atom is 0.252 e. The molecule has 130 valence electrons. The normalized spacial score (nSPS) is 10.7. The van der Waals surface area contributed by atoms with Gasteiger partial charge in [-0.1, -0.05) is 6.07 Å². The number of amides is 2. The van der Waals surface area contributed by atoms with Crippen LogP contribution in [0.2, 0.25) is 0 Å². The fraction of sp³-hybridized carbons (Fsp3) is 0.0588. The first-order valence-electron chi connectivity index (χ1n) is 7.65. The molecule has 0 aliphatic carbocycles.